The summed E-state index contributed by atoms with van der Waals surface area (Å²) in [5, 5.41) is 4.52. The number of aromatic nitrogens is 3. The topological polar surface area (TPSA) is 51.0 Å². The van der Waals surface area contributed by atoms with Crippen LogP contribution in [0, 0.1) is 17.5 Å². The maximum absolute atomic E-state index is 14.9. The largest absolute Gasteiger partial charge is 0.328 e. The average molecular weight is 408 g/mol. The molecule has 0 aliphatic carbocycles. The Morgan fingerprint density at radius 3 is 2.53 bits per heavy atom. The van der Waals surface area contributed by atoms with Crippen LogP contribution in [0.4, 0.5) is 13.2 Å². The van der Waals surface area contributed by atoms with E-state index in [0.29, 0.717) is 22.2 Å². The minimum atomic E-state index is -0.775. The number of aryl methyl sites for hydroxylation is 1. The summed E-state index contributed by atoms with van der Waals surface area (Å²) in [6.07, 6.45) is 3.18. The number of fused-ring (bicyclic) bond motifs is 2. The minimum Gasteiger partial charge on any atom is -0.328 e. The summed E-state index contributed by atoms with van der Waals surface area (Å²) in [5.41, 5.74) is 1.70. The number of benzene rings is 2. The summed E-state index contributed by atoms with van der Waals surface area (Å²) < 4.78 is 45.3. The highest BCUT2D eigenvalue weighted by Crippen LogP contribution is 2.32. The van der Waals surface area contributed by atoms with E-state index in [1.165, 1.54) is 33.8 Å². The van der Waals surface area contributed by atoms with E-state index in [0.717, 1.165) is 0 Å². The van der Waals surface area contributed by atoms with Crippen LogP contribution in [-0.4, -0.2) is 25.6 Å². The number of amides is 1. The second-order valence-electron chi connectivity index (χ2n) is 7.24. The number of carbonyl (C=O) groups is 1. The van der Waals surface area contributed by atoms with E-state index < -0.39 is 17.5 Å². The molecule has 8 heteroatoms. The molecule has 150 valence electrons. The van der Waals surface area contributed by atoms with Gasteiger partial charge in [-0.3, -0.25) is 14.5 Å². The second kappa shape index (κ2) is 6.69. The fourth-order valence-electron chi connectivity index (χ4n) is 3.85. The maximum Gasteiger partial charge on any atom is 0.256 e. The summed E-state index contributed by atoms with van der Waals surface area (Å²) in [5.74, 6) is -2.37. The number of nitrogens with zero attached hydrogens (tertiary/aromatic N) is 4. The quantitative estimate of drug-likeness (QED) is 0.510. The van der Waals surface area contributed by atoms with Crippen LogP contribution in [0.2, 0.25) is 0 Å². The van der Waals surface area contributed by atoms with Crippen molar-refractivity contribution in [3.63, 3.8) is 0 Å². The third-order valence-corrected chi connectivity index (χ3v) is 5.29. The van der Waals surface area contributed by atoms with Crippen LogP contribution in [0.15, 0.2) is 48.8 Å². The molecule has 0 spiro atoms. The van der Waals surface area contributed by atoms with Crippen molar-refractivity contribution in [1.82, 2.24) is 19.7 Å². The SMILES string of the molecule is Cn1cc2c(-c3cc(F)c(CN4Cc5ncccc5C4=O)c(F)c3)ccc(F)c2n1. The highest BCUT2D eigenvalue weighted by atomic mass is 19.1. The minimum absolute atomic E-state index is 0.132. The Hall–Kier alpha value is -3.68. The monoisotopic (exact) mass is 408 g/mol. The zero-order chi connectivity index (χ0) is 21.0. The Morgan fingerprint density at radius 1 is 1.03 bits per heavy atom. The standard InChI is InChI=1S/C22H15F3N4O/c1-28-9-15-13(4-5-17(23)21(15)27-28)12-7-18(24)16(19(25)8-12)10-29-11-20-14(22(29)30)3-2-6-26-20/h2-9H,10-11H2,1H3. The van der Waals surface area contributed by atoms with E-state index in [1.807, 2.05) is 0 Å². The zero-order valence-electron chi connectivity index (χ0n) is 15.9. The van der Waals surface area contributed by atoms with Crippen LogP contribution >= 0.6 is 0 Å². The van der Waals surface area contributed by atoms with E-state index >= 15 is 0 Å². The summed E-state index contributed by atoms with van der Waals surface area (Å²) in [6.45, 7) is -0.0111. The molecule has 1 aliphatic heterocycles. The van der Waals surface area contributed by atoms with Gasteiger partial charge in [-0.15, -0.1) is 0 Å². The maximum atomic E-state index is 14.9. The van der Waals surface area contributed by atoms with Crippen LogP contribution in [0.5, 0.6) is 0 Å². The van der Waals surface area contributed by atoms with Crippen molar-refractivity contribution in [2.24, 2.45) is 7.05 Å². The highest BCUT2D eigenvalue weighted by molar-refractivity contribution is 5.97. The van der Waals surface area contributed by atoms with E-state index in [-0.39, 0.29) is 35.6 Å². The Balaban J connectivity index is 1.51. The lowest BCUT2D eigenvalue weighted by Crippen LogP contribution is -2.24. The molecule has 0 radical (unpaired) electrons. The van der Waals surface area contributed by atoms with Crippen molar-refractivity contribution in [3.05, 3.63) is 83.1 Å². The third-order valence-electron chi connectivity index (χ3n) is 5.29. The molecule has 3 heterocycles. The van der Waals surface area contributed by atoms with E-state index in [1.54, 1.807) is 31.6 Å². The molecule has 0 fully saturated rings. The number of rotatable bonds is 3. The molecule has 1 aliphatic rings. The van der Waals surface area contributed by atoms with Crippen LogP contribution < -0.4 is 0 Å². The summed E-state index contributed by atoms with van der Waals surface area (Å²) in [6, 6.07) is 8.39. The van der Waals surface area contributed by atoms with Gasteiger partial charge in [0.2, 0.25) is 0 Å². The Morgan fingerprint density at radius 2 is 1.80 bits per heavy atom. The molecule has 5 nitrogen and oxygen atoms in total. The normalized spacial score (nSPS) is 13.3. The van der Waals surface area contributed by atoms with Crippen molar-refractivity contribution in [2.45, 2.75) is 13.1 Å². The lowest BCUT2D eigenvalue weighted by atomic mass is 9.99. The van der Waals surface area contributed by atoms with Crippen molar-refractivity contribution in [1.29, 1.82) is 0 Å². The number of hydrogen-bond donors (Lipinski definition) is 0. The first-order chi connectivity index (χ1) is 14.4. The molecule has 30 heavy (non-hydrogen) atoms. The molecule has 0 unspecified atom stereocenters. The number of carbonyl (C=O) groups excluding carboxylic acids is 1. The van der Waals surface area contributed by atoms with Crippen molar-refractivity contribution >= 4 is 16.8 Å². The van der Waals surface area contributed by atoms with Crippen LogP contribution in [-0.2, 0) is 20.1 Å². The molecule has 2 aromatic carbocycles. The van der Waals surface area contributed by atoms with Gasteiger partial charge in [0.25, 0.3) is 5.91 Å². The second-order valence-corrected chi connectivity index (χ2v) is 7.24. The Kier molecular flexibility index (Phi) is 4.09. The Labute approximate surface area is 169 Å². The molecular formula is C22H15F3N4O. The first kappa shape index (κ1) is 18.4. The first-order valence-electron chi connectivity index (χ1n) is 9.25. The van der Waals surface area contributed by atoms with Gasteiger partial charge in [0.05, 0.1) is 24.3 Å². The average Bonchev–Trinajstić information content (AvgIpc) is 3.26. The number of pyridine rings is 1. The lowest BCUT2D eigenvalue weighted by molar-refractivity contribution is 0.0763. The fourth-order valence-corrected chi connectivity index (χ4v) is 3.85. The molecular weight excluding hydrogens is 393 g/mol. The molecule has 1 amide bonds. The zero-order valence-corrected chi connectivity index (χ0v) is 15.9. The number of halogens is 3. The fraction of sp³-hybridized carbons (Fsp3) is 0.136. The number of hydrogen-bond acceptors (Lipinski definition) is 3. The smallest absolute Gasteiger partial charge is 0.256 e. The van der Waals surface area contributed by atoms with Gasteiger partial charge < -0.3 is 4.90 Å². The van der Waals surface area contributed by atoms with Gasteiger partial charge in [0.1, 0.15) is 17.2 Å². The van der Waals surface area contributed by atoms with E-state index in [4.69, 9.17) is 0 Å². The van der Waals surface area contributed by atoms with Crippen LogP contribution in [0.25, 0.3) is 22.0 Å². The van der Waals surface area contributed by atoms with Gasteiger partial charge in [-0.1, -0.05) is 6.07 Å². The first-order valence-corrected chi connectivity index (χ1v) is 9.25. The molecule has 0 N–H and O–H groups in total. The molecule has 5 rings (SSSR count). The molecule has 4 aromatic rings. The summed E-state index contributed by atoms with van der Waals surface area (Å²) >= 11 is 0. The Bertz CT molecular complexity index is 1310. The van der Waals surface area contributed by atoms with Crippen LogP contribution in [0.1, 0.15) is 21.6 Å². The summed E-state index contributed by atoms with van der Waals surface area (Å²) in [7, 11) is 1.65. The molecule has 0 saturated heterocycles. The van der Waals surface area contributed by atoms with Gasteiger partial charge in [-0.25, -0.2) is 13.2 Å². The summed E-state index contributed by atoms with van der Waals surface area (Å²) in [4.78, 5) is 18.0. The van der Waals surface area contributed by atoms with Gasteiger partial charge in [-0.2, -0.15) is 5.10 Å². The molecule has 0 atom stereocenters. The highest BCUT2D eigenvalue weighted by Gasteiger charge is 2.29. The lowest BCUT2D eigenvalue weighted by Gasteiger charge is -2.17. The predicted octanol–water partition coefficient (Wildman–Crippen LogP) is 4.21. The van der Waals surface area contributed by atoms with Crippen molar-refractivity contribution in [2.75, 3.05) is 0 Å². The molecule has 0 saturated carbocycles. The van der Waals surface area contributed by atoms with E-state index in [9.17, 15) is 18.0 Å². The molecule has 2 aromatic heterocycles. The third kappa shape index (κ3) is 2.83. The van der Waals surface area contributed by atoms with Gasteiger partial charge >= 0.3 is 0 Å². The van der Waals surface area contributed by atoms with Gasteiger partial charge in [-0.05, 0) is 41.5 Å². The van der Waals surface area contributed by atoms with Crippen molar-refractivity contribution < 1.29 is 18.0 Å². The van der Waals surface area contributed by atoms with Gasteiger partial charge in [0.15, 0.2) is 5.82 Å². The van der Waals surface area contributed by atoms with Crippen LogP contribution in [0.3, 0.4) is 0 Å². The van der Waals surface area contributed by atoms with E-state index in [2.05, 4.69) is 10.1 Å². The predicted molar refractivity (Wildman–Crippen MR) is 104 cm³/mol. The van der Waals surface area contributed by atoms with Crippen molar-refractivity contribution in [3.8, 4) is 11.1 Å². The molecule has 0 bridgehead atoms. The van der Waals surface area contributed by atoms with Gasteiger partial charge in [0, 0.05) is 30.4 Å².